The number of nitrogens with one attached hydrogen (secondary N) is 1. The van der Waals surface area contributed by atoms with Crippen LogP contribution in [0.3, 0.4) is 0 Å². The van der Waals surface area contributed by atoms with Gasteiger partial charge in [-0.2, -0.15) is 0 Å². The van der Waals surface area contributed by atoms with Crippen molar-refractivity contribution in [2.45, 2.75) is 6.04 Å². The Kier molecular flexibility index (Phi) is 8.29. The van der Waals surface area contributed by atoms with Gasteiger partial charge in [-0.3, -0.25) is 0 Å². The fraction of sp³-hybridized carbons (Fsp3) is 0.0364. The van der Waals surface area contributed by atoms with E-state index in [-0.39, 0.29) is 12.0 Å². The highest BCUT2D eigenvalue weighted by Crippen LogP contribution is 2.43. The molecule has 7 aromatic carbocycles. The third-order valence-electron chi connectivity index (χ3n) is 11.8. The summed E-state index contributed by atoms with van der Waals surface area (Å²) in [5.41, 5.74) is 16.7. The lowest BCUT2D eigenvalue weighted by Gasteiger charge is -2.34. The standard InChI is InChI=1S/C55H39N3/c1-5-16-37(17-6-1)45-33-49(40-18-7-2-8-19-40)50-34-46(36-58(50)35-45)39-30-28-38(29-31-39)43-24-15-25-44(32-43)55-56-53(42-22-11-4-12-23-42)52-51(41-20-9-3-10-21-41)47-26-13-14-27-48(47)54(52)57-55/h1-36,52-53H,(H,56,57). The predicted molar refractivity (Wildman–Crippen MR) is 240 cm³/mol. The number of benzene rings is 7. The molecule has 0 saturated carbocycles. The Morgan fingerprint density at radius 2 is 0.914 bits per heavy atom. The second-order valence-electron chi connectivity index (χ2n) is 15.2. The number of amidine groups is 1. The minimum Gasteiger partial charge on any atom is -0.362 e. The summed E-state index contributed by atoms with van der Waals surface area (Å²) in [5, 5.41) is 6.43. The molecule has 0 bridgehead atoms. The number of fused-ring (bicyclic) bond motifs is 3. The van der Waals surface area contributed by atoms with Gasteiger partial charge in [-0.15, -0.1) is 0 Å². The molecule has 274 valence electrons. The van der Waals surface area contributed by atoms with E-state index in [0.717, 1.165) is 28.2 Å². The summed E-state index contributed by atoms with van der Waals surface area (Å²) in [6, 6.07) is 74.2. The average molecular weight is 742 g/mol. The summed E-state index contributed by atoms with van der Waals surface area (Å²) in [7, 11) is 0. The highest BCUT2D eigenvalue weighted by molar-refractivity contribution is 6.05. The van der Waals surface area contributed by atoms with Crippen LogP contribution in [0.5, 0.6) is 0 Å². The molecule has 3 heterocycles. The lowest BCUT2D eigenvalue weighted by molar-refractivity contribution is 0.564. The van der Waals surface area contributed by atoms with Gasteiger partial charge in [-0.1, -0.05) is 188 Å². The molecule has 3 nitrogen and oxygen atoms in total. The SMILES string of the molecule is c1ccc(C2=c3ccccc3=C3N=C(c4cccc(-c5ccc(-c6cc7c(-c8ccccc8)cc(-c8ccccc8)cn7c6)cc5)c4)NC(c4ccccc4)C32)cc1. The topological polar surface area (TPSA) is 28.8 Å². The summed E-state index contributed by atoms with van der Waals surface area (Å²) in [5.74, 6) is 0.966. The van der Waals surface area contributed by atoms with Crippen LogP contribution in [-0.2, 0) is 0 Å². The van der Waals surface area contributed by atoms with Gasteiger partial charge in [0.25, 0.3) is 0 Å². The minimum atomic E-state index is 0.0124. The van der Waals surface area contributed by atoms with Gasteiger partial charge in [0, 0.05) is 34.3 Å². The molecular formula is C55H39N3. The number of nitrogens with zero attached hydrogens (tertiary/aromatic N) is 2. The summed E-state index contributed by atoms with van der Waals surface area (Å²) in [4.78, 5) is 5.47. The van der Waals surface area contributed by atoms with Crippen LogP contribution < -0.4 is 15.8 Å². The first kappa shape index (κ1) is 33.8. The summed E-state index contributed by atoms with van der Waals surface area (Å²) in [6.45, 7) is 0. The van der Waals surface area contributed by atoms with Crippen LogP contribution in [0.15, 0.2) is 224 Å². The smallest absolute Gasteiger partial charge is 0.134 e. The Morgan fingerprint density at radius 1 is 0.397 bits per heavy atom. The van der Waals surface area contributed by atoms with Crippen molar-refractivity contribution in [3.8, 4) is 44.5 Å². The highest BCUT2D eigenvalue weighted by atomic mass is 15.1. The number of rotatable bonds is 7. The van der Waals surface area contributed by atoms with Gasteiger partial charge in [0.05, 0.1) is 23.2 Å². The van der Waals surface area contributed by atoms with E-state index < -0.39 is 0 Å². The predicted octanol–water partition coefficient (Wildman–Crippen LogP) is 11.3. The monoisotopic (exact) mass is 741 g/mol. The maximum absolute atomic E-state index is 5.47. The van der Waals surface area contributed by atoms with Crippen LogP contribution in [0, 0.1) is 5.92 Å². The van der Waals surface area contributed by atoms with Gasteiger partial charge in [0.15, 0.2) is 0 Å². The van der Waals surface area contributed by atoms with Gasteiger partial charge in [-0.05, 0) is 73.5 Å². The second-order valence-corrected chi connectivity index (χ2v) is 15.2. The molecule has 1 aliphatic carbocycles. The maximum atomic E-state index is 5.47. The molecule has 0 saturated heterocycles. The first-order valence-electron chi connectivity index (χ1n) is 20.0. The normalized spacial score (nSPS) is 15.8. The Labute approximate surface area is 338 Å². The van der Waals surface area contributed by atoms with Crippen molar-refractivity contribution < 1.29 is 0 Å². The molecule has 0 radical (unpaired) electrons. The Bertz CT molecular complexity index is 3110. The van der Waals surface area contributed by atoms with Crippen molar-refractivity contribution in [3.05, 3.63) is 246 Å². The summed E-state index contributed by atoms with van der Waals surface area (Å²) in [6.07, 6.45) is 4.50. The lowest BCUT2D eigenvalue weighted by Crippen LogP contribution is -2.39. The molecule has 2 aliphatic rings. The third kappa shape index (κ3) is 5.96. The minimum absolute atomic E-state index is 0.0124. The van der Waals surface area contributed by atoms with Crippen molar-refractivity contribution in [1.82, 2.24) is 9.72 Å². The van der Waals surface area contributed by atoms with Crippen molar-refractivity contribution in [3.63, 3.8) is 0 Å². The van der Waals surface area contributed by atoms with E-state index in [0.29, 0.717) is 0 Å². The molecule has 2 atom stereocenters. The summed E-state index contributed by atoms with van der Waals surface area (Å²) >= 11 is 0. The van der Waals surface area contributed by atoms with Crippen LogP contribution in [0.2, 0.25) is 0 Å². The first-order valence-corrected chi connectivity index (χ1v) is 20.0. The van der Waals surface area contributed by atoms with Crippen LogP contribution in [0.25, 0.3) is 61.3 Å². The molecule has 1 aliphatic heterocycles. The average Bonchev–Trinajstić information content (AvgIpc) is 3.89. The fourth-order valence-electron chi connectivity index (χ4n) is 9.00. The van der Waals surface area contributed by atoms with Crippen LogP contribution in [0.4, 0.5) is 0 Å². The van der Waals surface area contributed by atoms with Crippen LogP contribution in [-0.4, -0.2) is 10.2 Å². The van der Waals surface area contributed by atoms with Gasteiger partial charge in [0.2, 0.25) is 0 Å². The van der Waals surface area contributed by atoms with E-state index >= 15 is 0 Å². The third-order valence-corrected chi connectivity index (χ3v) is 11.8. The summed E-state index contributed by atoms with van der Waals surface area (Å²) < 4.78 is 2.28. The van der Waals surface area contributed by atoms with E-state index in [1.807, 2.05) is 0 Å². The van der Waals surface area contributed by atoms with Gasteiger partial charge in [-0.25, -0.2) is 4.99 Å². The zero-order valence-corrected chi connectivity index (χ0v) is 31.8. The van der Waals surface area contributed by atoms with Gasteiger partial charge >= 0.3 is 0 Å². The molecule has 0 fully saturated rings. The Hall–Kier alpha value is -7.49. The molecule has 1 N–H and O–H groups in total. The van der Waals surface area contributed by atoms with E-state index in [1.165, 1.54) is 66.0 Å². The van der Waals surface area contributed by atoms with E-state index in [2.05, 4.69) is 228 Å². The number of pyridine rings is 1. The highest BCUT2D eigenvalue weighted by Gasteiger charge is 2.38. The number of hydrogen-bond donors (Lipinski definition) is 1. The van der Waals surface area contributed by atoms with Crippen molar-refractivity contribution in [2.75, 3.05) is 0 Å². The molecule has 11 rings (SSSR count). The molecular weight excluding hydrogens is 703 g/mol. The molecule has 0 spiro atoms. The van der Waals surface area contributed by atoms with E-state index in [1.54, 1.807) is 0 Å². The van der Waals surface area contributed by atoms with Crippen molar-refractivity contribution in [1.29, 1.82) is 0 Å². The van der Waals surface area contributed by atoms with E-state index in [4.69, 9.17) is 4.99 Å². The van der Waals surface area contributed by atoms with Crippen LogP contribution in [0.1, 0.15) is 22.7 Å². The fourth-order valence-corrected chi connectivity index (χ4v) is 9.00. The largest absolute Gasteiger partial charge is 0.362 e. The van der Waals surface area contributed by atoms with Gasteiger partial charge < -0.3 is 9.72 Å². The number of aromatic nitrogens is 1. The lowest BCUT2D eigenvalue weighted by atomic mass is 9.82. The number of hydrogen-bond acceptors (Lipinski definition) is 2. The van der Waals surface area contributed by atoms with Gasteiger partial charge in [0.1, 0.15) is 5.84 Å². The Morgan fingerprint density at radius 3 is 1.60 bits per heavy atom. The van der Waals surface area contributed by atoms with Crippen LogP contribution >= 0.6 is 0 Å². The first-order chi connectivity index (χ1) is 28.7. The molecule has 58 heavy (non-hydrogen) atoms. The Balaban J connectivity index is 0.962. The maximum Gasteiger partial charge on any atom is 0.134 e. The zero-order chi connectivity index (χ0) is 38.4. The molecule has 0 amide bonds. The van der Waals surface area contributed by atoms with Crippen molar-refractivity contribution >= 4 is 22.6 Å². The molecule has 2 unspecified atom stereocenters. The zero-order valence-electron chi connectivity index (χ0n) is 31.8. The van der Waals surface area contributed by atoms with Crippen molar-refractivity contribution in [2.24, 2.45) is 10.9 Å². The second kappa shape index (κ2) is 14.2. The van der Waals surface area contributed by atoms with E-state index in [9.17, 15) is 0 Å². The molecule has 3 heteroatoms. The molecule has 2 aromatic heterocycles. The number of aliphatic imine (C=N–C) groups is 1. The quantitative estimate of drug-likeness (QED) is 0.173. The molecule has 9 aromatic rings.